The highest BCUT2D eigenvalue weighted by Gasteiger charge is 2.19. The van der Waals surface area contributed by atoms with Gasteiger partial charge in [-0.2, -0.15) is 0 Å². The molecular formula is C13H9N3O3S. The summed E-state index contributed by atoms with van der Waals surface area (Å²) in [6, 6.07) is 11.1. The van der Waals surface area contributed by atoms with E-state index in [2.05, 4.69) is 14.9 Å². The minimum atomic E-state index is -0.493. The average Bonchev–Trinajstić information content (AvgIpc) is 2.91. The number of hydrogen-bond acceptors (Lipinski definition) is 6. The third-order valence-corrected chi connectivity index (χ3v) is 3.86. The number of rotatable bonds is 3. The molecule has 0 aliphatic carbocycles. The average molecular weight is 287 g/mol. The van der Waals surface area contributed by atoms with Gasteiger partial charge < -0.3 is 0 Å². The van der Waals surface area contributed by atoms with Crippen molar-refractivity contribution in [3.63, 3.8) is 0 Å². The number of hydrogen-bond donors (Lipinski definition) is 0. The molecule has 0 unspecified atom stereocenters. The second kappa shape index (κ2) is 4.93. The predicted molar refractivity (Wildman–Crippen MR) is 73.8 cm³/mol. The van der Waals surface area contributed by atoms with E-state index in [9.17, 15) is 10.1 Å². The third-order valence-electron chi connectivity index (χ3n) is 2.80. The van der Waals surface area contributed by atoms with E-state index in [0.717, 1.165) is 9.79 Å². The maximum Gasteiger partial charge on any atom is 0.300 e. The Balaban J connectivity index is 2.04. The van der Waals surface area contributed by atoms with E-state index >= 15 is 0 Å². The second-order valence-electron chi connectivity index (χ2n) is 4.22. The van der Waals surface area contributed by atoms with Gasteiger partial charge in [-0.1, -0.05) is 29.5 Å². The molecule has 7 heteroatoms. The van der Waals surface area contributed by atoms with E-state index in [1.165, 1.54) is 23.4 Å². The molecule has 0 aliphatic rings. The fourth-order valence-electron chi connectivity index (χ4n) is 1.79. The Bertz CT molecular complexity index is 783. The van der Waals surface area contributed by atoms with Crippen molar-refractivity contribution in [1.29, 1.82) is 0 Å². The molecule has 0 amide bonds. The summed E-state index contributed by atoms with van der Waals surface area (Å²) in [5.41, 5.74) is 1.65. The summed E-state index contributed by atoms with van der Waals surface area (Å²) in [5.74, 6) is 0. The van der Waals surface area contributed by atoms with Gasteiger partial charge in [0.05, 0.1) is 4.92 Å². The molecule has 1 aromatic heterocycles. The van der Waals surface area contributed by atoms with Crippen molar-refractivity contribution in [2.45, 2.75) is 16.7 Å². The van der Waals surface area contributed by atoms with Crippen molar-refractivity contribution < 1.29 is 9.55 Å². The van der Waals surface area contributed by atoms with E-state index in [1.807, 2.05) is 31.2 Å². The van der Waals surface area contributed by atoms with Gasteiger partial charge in [0, 0.05) is 15.9 Å². The highest BCUT2D eigenvalue weighted by atomic mass is 32.2. The summed E-state index contributed by atoms with van der Waals surface area (Å²) in [6.07, 6.45) is 0. The maximum absolute atomic E-state index is 10.9. The highest BCUT2D eigenvalue weighted by Crippen LogP contribution is 2.35. The number of nitro benzene ring substituents is 1. The summed E-state index contributed by atoms with van der Waals surface area (Å²) in [6.45, 7) is 2.01. The molecule has 3 aromatic rings. The van der Waals surface area contributed by atoms with Crippen LogP contribution in [0.4, 0.5) is 5.69 Å². The number of aryl methyl sites for hydroxylation is 1. The molecule has 0 radical (unpaired) electrons. The molecule has 0 atom stereocenters. The quantitative estimate of drug-likeness (QED) is 0.540. The first-order valence-electron chi connectivity index (χ1n) is 5.79. The molecule has 1 heterocycles. The maximum atomic E-state index is 10.9. The van der Waals surface area contributed by atoms with Gasteiger partial charge in [-0.05, 0) is 35.4 Å². The lowest BCUT2D eigenvalue weighted by atomic mass is 10.2. The van der Waals surface area contributed by atoms with E-state index < -0.39 is 4.92 Å². The van der Waals surface area contributed by atoms with Gasteiger partial charge in [0.25, 0.3) is 0 Å². The number of fused-ring (bicyclic) bond motifs is 1. The molecule has 0 N–H and O–H groups in total. The Morgan fingerprint density at radius 3 is 2.50 bits per heavy atom. The summed E-state index contributed by atoms with van der Waals surface area (Å²) in [4.78, 5) is 12.2. The molecule has 0 aliphatic heterocycles. The molecule has 0 fully saturated rings. The summed E-state index contributed by atoms with van der Waals surface area (Å²) in [5, 5.41) is 18.3. The molecule has 2 aromatic carbocycles. The third kappa shape index (κ3) is 2.23. The number of aromatic nitrogens is 2. The standard InChI is InChI=1S/C13H9N3O3S/c1-8-2-4-9(5-3-8)20-11-7-6-10(16(17)18)12-13(11)15-19-14-12/h2-7H,1H3. The van der Waals surface area contributed by atoms with Crippen molar-refractivity contribution in [2.24, 2.45) is 0 Å². The van der Waals surface area contributed by atoms with E-state index in [-0.39, 0.29) is 11.2 Å². The molecule has 0 bridgehead atoms. The van der Waals surface area contributed by atoms with Crippen molar-refractivity contribution in [3.8, 4) is 0 Å². The number of benzene rings is 2. The molecule has 0 spiro atoms. The van der Waals surface area contributed by atoms with Crippen LogP contribution in [0.25, 0.3) is 11.0 Å². The Morgan fingerprint density at radius 2 is 1.80 bits per heavy atom. The van der Waals surface area contributed by atoms with Crippen LogP contribution in [0.2, 0.25) is 0 Å². The monoisotopic (exact) mass is 287 g/mol. The van der Waals surface area contributed by atoms with Crippen LogP contribution < -0.4 is 0 Å². The van der Waals surface area contributed by atoms with Crippen LogP contribution in [0.3, 0.4) is 0 Å². The van der Waals surface area contributed by atoms with Gasteiger partial charge in [-0.3, -0.25) is 10.1 Å². The first kappa shape index (κ1) is 12.6. The largest absolute Gasteiger partial charge is 0.300 e. The summed E-state index contributed by atoms with van der Waals surface area (Å²) < 4.78 is 4.64. The Kier molecular flexibility index (Phi) is 3.11. The van der Waals surface area contributed by atoms with Gasteiger partial charge in [0.1, 0.15) is 0 Å². The Labute approximate surface area is 117 Å². The van der Waals surface area contributed by atoms with Crippen LogP contribution in [-0.2, 0) is 0 Å². The predicted octanol–water partition coefficient (Wildman–Crippen LogP) is 3.59. The van der Waals surface area contributed by atoms with Gasteiger partial charge in [0.2, 0.25) is 5.52 Å². The lowest BCUT2D eigenvalue weighted by Crippen LogP contribution is -1.90. The first-order chi connectivity index (χ1) is 9.65. The van der Waals surface area contributed by atoms with Gasteiger partial charge in [-0.25, -0.2) is 4.63 Å². The van der Waals surface area contributed by atoms with Crippen molar-refractivity contribution in [2.75, 3.05) is 0 Å². The molecule has 6 nitrogen and oxygen atoms in total. The molecular weight excluding hydrogens is 278 g/mol. The fraction of sp³-hybridized carbons (Fsp3) is 0.0769. The van der Waals surface area contributed by atoms with Gasteiger partial charge in [-0.15, -0.1) is 0 Å². The van der Waals surface area contributed by atoms with Crippen LogP contribution in [0.5, 0.6) is 0 Å². The fourth-order valence-corrected chi connectivity index (χ4v) is 2.69. The van der Waals surface area contributed by atoms with E-state index in [4.69, 9.17) is 0 Å². The molecule has 3 rings (SSSR count). The molecule has 0 saturated carbocycles. The first-order valence-corrected chi connectivity index (χ1v) is 6.61. The Morgan fingerprint density at radius 1 is 1.10 bits per heavy atom. The zero-order valence-corrected chi connectivity index (χ0v) is 11.3. The molecule has 20 heavy (non-hydrogen) atoms. The molecule has 100 valence electrons. The zero-order chi connectivity index (χ0) is 14.1. The number of nitro groups is 1. The minimum Gasteiger partial charge on any atom is -0.258 e. The van der Waals surface area contributed by atoms with Crippen LogP contribution >= 0.6 is 11.8 Å². The van der Waals surface area contributed by atoms with Crippen molar-refractivity contribution in [3.05, 3.63) is 52.1 Å². The van der Waals surface area contributed by atoms with Crippen LogP contribution in [-0.4, -0.2) is 15.2 Å². The highest BCUT2D eigenvalue weighted by molar-refractivity contribution is 7.99. The van der Waals surface area contributed by atoms with Crippen LogP contribution in [0.1, 0.15) is 5.56 Å². The summed E-state index contributed by atoms with van der Waals surface area (Å²) in [7, 11) is 0. The zero-order valence-electron chi connectivity index (χ0n) is 10.4. The van der Waals surface area contributed by atoms with Crippen LogP contribution in [0.15, 0.2) is 50.8 Å². The summed E-state index contributed by atoms with van der Waals surface area (Å²) >= 11 is 1.47. The second-order valence-corrected chi connectivity index (χ2v) is 5.33. The Hall–Kier alpha value is -2.41. The van der Waals surface area contributed by atoms with E-state index in [1.54, 1.807) is 6.07 Å². The van der Waals surface area contributed by atoms with Crippen LogP contribution in [0, 0.1) is 17.0 Å². The SMILES string of the molecule is Cc1ccc(Sc2ccc([N+](=O)[O-])c3nonc23)cc1. The molecule has 0 saturated heterocycles. The number of non-ortho nitro benzene ring substituents is 1. The van der Waals surface area contributed by atoms with Crippen molar-refractivity contribution in [1.82, 2.24) is 10.3 Å². The lowest BCUT2D eigenvalue weighted by molar-refractivity contribution is -0.383. The topological polar surface area (TPSA) is 82.1 Å². The van der Waals surface area contributed by atoms with Crippen molar-refractivity contribution >= 4 is 28.5 Å². The van der Waals surface area contributed by atoms with E-state index in [0.29, 0.717) is 5.52 Å². The smallest absolute Gasteiger partial charge is 0.258 e. The number of nitrogens with zero attached hydrogens (tertiary/aromatic N) is 3. The van der Waals surface area contributed by atoms with Gasteiger partial charge in [0.15, 0.2) is 5.52 Å². The minimum absolute atomic E-state index is 0.102. The lowest BCUT2D eigenvalue weighted by Gasteiger charge is -2.02. The normalized spacial score (nSPS) is 10.8. The van der Waals surface area contributed by atoms with Gasteiger partial charge >= 0.3 is 5.69 Å².